The van der Waals surface area contributed by atoms with Gasteiger partial charge in [-0.2, -0.15) is 0 Å². The predicted octanol–water partition coefficient (Wildman–Crippen LogP) is 1.00. The molecule has 17 heavy (non-hydrogen) atoms. The van der Waals surface area contributed by atoms with Gasteiger partial charge in [-0.05, 0) is 5.56 Å². The molecule has 4 nitrogen and oxygen atoms in total. The molecule has 0 aromatic heterocycles. The van der Waals surface area contributed by atoms with Crippen LogP contribution in [0.2, 0.25) is 0 Å². The number of benzene rings is 1. The highest BCUT2D eigenvalue weighted by Crippen LogP contribution is 2.16. The van der Waals surface area contributed by atoms with Gasteiger partial charge < -0.3 is 15.5 Å². The third-order valence-corrected chi connectivity index (χ3v) is 2.64. The second-order valence-corrected chi connectivity index (χ2v) is 4.55. The van der Waals surface area contributed by atoms with E-state index in [1.807, 2.05) is 0 Å². The topological polar surface area (TPSA) is 69.6 Å². The predicted molar refractivity (Wildman–Crippen MR) is 65.9 cm³/mol. The molecule has 0 spiro atoms. The maximum absolute atomic E-state index is 11.3. The van der Waals surface area contributed by atoms with Crippen molar-refractivity contribution in [2.45, 2.75) is 17.0 Å². The molecule has 0 unspecified atom stereocenters. The van der Waals surface area contributed by atoms with Gasteiger partial charge in [0.15, 0.2) is 4.84 Å². The van der Waals surface area contributed by atoms with E-state index in [2.05, 4.69) is 5.32 Å². The number of aliphatic hydroxyl groups excluding tert-OH is 2. The standard InChI is InChI=1S/C11H13Cl2NO3/c12-10(13)11(17)14-8(6-15)9(16)7-4-2-1-3-5-7/h1-5,8-10,15-16H,6H2,(H,14,17)/t8-,9-/m1/s1. The highest BCUT2D eigenvalue weighted by molar-refractivity contribution is 6.53. The number of hydrogen-bond acceptors (Lipinski definition) is 3. The molecule has 0 heterocycles. The van der Waals surface area contributed by atoms with Gasteiger partial charge in [0, 0.05) is 0 Å². The van der Waals surface area contributed by atoms with Crippen LogP contribution in [0.25, 0.3) is 0 Å². The van der Waals surface area contributed by atoms with Gasteiger partial charge in [-0.25, -0.2) is 0 Å². The Morgan fingerprint density at radius 3 is 2.35 bits per heavy atom. The van der Waals surface area contributed by atoms with Crippen LogP contribution in [-0.2, 0) is 4.79 Å². The molecule has 3 N–H and O–H groups in total. The highest BCUT2D eigenvalue weighted by atomic mass is 35.5. The molecule has 0 bridgehead atoms. The summed E-state index contributed by atoms with van der Waals surface area (Å²) in [7, 11) is 0. The first-order valence-electron chi connectivity index (χ1n) is 4.98. The molecule has 94 valence electrons. The van der Waals surface area contributed by atoms with Crippen LogP contribution in [0, 0.1) is 0 Å². The Morgan fingerprint density at radius 2 is 1.88 bits per heavy atom. The molecule has 1 amide bonds. The van der Waals surface area contributed by atoms with Gasteiger partial charge in [0.25, 0.3) is 5.91 Å². The van der Waals surface area contributed by atoms with Crippen molar-refractivity contribution in [1.29, 1.82) is 0 Å². The summed E-state index contributed by atoms with van der Waals surface area (Å²) in [6.07, 6.45) is -1.02. The minimum absolute atomic E-state index is 0.414. The molecular formula is C11H13Cl2NO3. The third kappa shape index (κ3) is 4.16. The number of rotatable bonds is 5. The van der Waals surface area contributed by atoms with Crippen LogP contribution in [0.15, 0.2) is 30.3 Å². The smallest absolute Gasteiger partial charge is 0.253 e. The highest BCUT2D eigenvalue weighted by Gasteiger charge is 2.24. The van der Waals surface area contributed by atoms with Crippen LogP contribution < -0.4 is 5.32 Å². The molecule has 0 aliphatic carbocycles. The Bertz CT molecular complexity index is 359. The molecule has 1 rings (SSSR count). The van der Waals surface area contributed by atoms with Gasteiger partial charge in [0.05, 0.1) is 12.6 Å². The van der Waals surface area contributed by atoms with Gasteiger partial charge in [-0.1, -0.05) is 53.5 Å². The first kappa shape index (κ1) is 14.3. The van der Waals surface area contributed by atoms with E-state index >= 15 is 0 Å². The summed E-state index contributed by atoms with van der Waals surface area (Å²) in [5.41, 5.74) is 0.590. The number of hydrogen-bond donors (Lipinski definition) is 3. The Hall–Kier alpha value is -0.810. The second-order valence-electron chi connectivity index (χ2n) is 3.45. The molecule has 1 aromatic rings. The molecule has 6 heteroatoms. The Labute approximate surface area is 109 Å². The Morgan fingerprint density at radius 1 is 1.29 bits per heavy atom. The lowest BCUT2D eigenvalue weighted by atomic mass is 10.0. The van der Waals surface area contributed by atoms with Crippen molar-refractivity contribution in [3.8, 4) is 0 Å². The zero-order valence-electron chi connectivity index (χ0n) is 8.88. The summed E-state index contributed by atoms with van der Waals surface area (Å²) in [5, 5.41) is 21.4. The van der Waals surface area contributed by atoms with E-state index in [-0.39, 0.29) is 0 Å². The molecule has 0 radical (unpaired) electrons. The summed E-state index contributed by atoms with van der Waals surface area (Å²) in [5.74, 6) is -0.651. The van der Waals surface area contributed by atoms with E-state index in [9.17, 15) is 9.90 Å². The van der Waals surface area contributed by atoms with Gasteiger partial charge in [0.2, 0.25) is 0 Å². The first-order chi connectivity index (χ1) is 8.06. The van der Waals surface area contributed by atoms with Crippen molar-refractivity contribution in [3.63, 3.8) is 0 Å². The number of alkyl halides is 2. The lowest BCUT2D eigenvalue weighted by Crippen LogP contribution is -2.44. The summed E-state index contributed by atoms with van der Waals surface area (Å²) in [4.78, 5) is 10.0. The second kappa shape index (κ2) is 6.81. The number of carbonyl (C=O) groups is 1. The maximum atomic E-state index is 11.3. The molecule has 0 aliphatic heterocycles. The fourth-order valence-corrected chi connectivity index (χ4v) is 1.48. The molecule has 0 saturated carbocycles. The maximum Gasteiger partial charge on any atom is 0.253 e. The molecule has 0 aliphatic rings. The molecule has 0 fully saturated rings. The van der Waals surface area contributed by atoms with Gasteiger partial charge in [-0.3, -0.25) is 4.79 Å². The minimum atomic E-state index is -1.23. The van der Waals surface area contributed by atoms with Crippen LogP contribution in [0.5, 0.6) is 0 Å². The lowest BCUT2D eigenvalue weighted by molar-refractivity contribution is -0.121. The largest absolute Gasteiger partial charge is 0.394 e. The molecular weight excluding hydrogens is 265 g/mol. The van der Waals surface area contributed by atoms with E-state index in [1.165, 1.54) is 0 Å². The van der Waals surface area contributed by atoms with Gasteiger partial charge >= 0.3 is 0 Å². The van der Waals surface area contributed by atoms with Crippen LogP contribution in [0.4, 0.5) is 0 Å². The Balaban J connectivity index is 2.71. The Kier molecular flexibility index (Phi) is 5.71. The average molecular weight is 278 g/mol. The van der Waals surface area contributed by atoms with E-state index in [1.54, 1.807) is 30.3 Å². The van der Waals surface area contributed by atoms with Crippen LogP contribution in [-0.4, -0.2) is 33.6 Å². The average Bonchev–Trinajstić information content (AvgIpc) is 2.35. The summed E-state index contributed by atoms with van der Waals surface area (Å²) >= 11 is 10.7. The minimum Gasteiger partial charge on any atom is -0.394 e. The summed E-state index contributed by atoms with van der Waals surface area (Å²) in [6.45, 7) is -0.414. The number of halogens is 2. The third-order valence-electron chi connectivity index (χ3n) is 2.24. The van der Waals surface area contributed by atoms with E-state index in [0.29, 0.717) is 5.56 Å². The van der Waals surface area contributed by atoms with Crippen molar-refractivity contribution in [3.05, 3.63) is 35.9 Å². The zero-order valence-corrected chi connectivity index (χ0v) is 10.4. The number of carbonyl (C=O) groups excluding carboxylic acids is 1. The number of amides is 1. The van der Waals surface area contributed by atoms with E-state index in [0.717, 1.165) is 0 Å². The SMILES string of the molecule is O=C(N[C@H](CO)[C@H](O)c1ccccc1)C(Cl)Cl. The molecule has 1 aromatic carbocycles. The van der Waals surface area contributed by atoms with Gasteiger partial charge in [-0.15, -0.1) is 0 Å². The van der Waals surface area contributed by atoms with Crippen LogP contribution in [0.1, 0.15) is 11.7 Å². The van der Waals surface area contributed by atoms with E-state index < -0.39 is 29.5 Å². The number of nitrogens with one attached hydrogen (secondary N) is 1. The zero-order chi connectivity index (χ0) is 12.8. The molecule has 0 saturated heterocycles. The fourth-order valence-electron chi connectivity index (χ4n) is 1.35. The lowest BCUT2D eigenvalue weighted by Gasteiger charge is -2.22. The fraction of sp³-hybridized carbons (Fsp3) is 0.364. The normalized spacial score (nSPS) is 14.4. The molecule has 2 atom stereocenters. The van der Waals surface area contributed by atoms with Crippen molar-refractivity contribution < 1.29 is 15.0 Å². The quantitative estimate of drug-likeness (QED) is 0.704. The van der Waals surface area contributed by atoms with Crippen molar-refractivity contribution in [2.75, 3.05) is 6.61 Å². The van der Waals surface area contributed by atoms with Crippen molar-refractivity contribution >= 4 is 29.1 Å². The van der Waals surface area contributed by atoms with Crippen LogP contribution >= 0.6 is 23.2 Å². The van der Waals surface area contributed by atoms with Crippen LogP contribution in [0.3, 0.4) is 0 Å². The van der Waals surface area contributed by atoms with Crippen molar-refractivity contribution in [1.82, 2.24) is 5.32 Å². The van der Waals surface area contributed by atoms with Gasteiger partial charge in [0.1, 0.15) is 6.10 Å². The van der Waals surface area contributed by atoms with Crippen molar-refractivity contribution in [2.24, 2.45) is 0 Å². The summed E-state index contributed by atoms with van der Waals surface area (Å²) < 4.78 is 0. The monoisotopic (exact) mass is 277 g/mol. The van der Waals surface area contributed by atoms with E-state index in [4.69, 9.17) is 28.3 Å². The summed E-state index contributed by atoms with van der Waals surface area (Å²) in [6, 6.07) is 7.85. The number of aliphatic hydroxyl groups is 2. The first-order valence-corrected chi connectivity index (χ1v) is 5.86.